The smallest absolute Gasteiger partial charge is 0.279 e. The molecule has 2 heterocycles. The quantitative estimate of drug-likeness (QED) is 0.421. The molecule has 0 spiro atoms. The van der Waals surface area contributed by atoms with Crippen molar-refractivity contribution in [2.45, 2.75) is 6.92 Å². The molecule has 0 bridgehead atoms. The van der Waals surface area contributed by atoms with Gasteiger partial charge in [-0.3, -0.25) is 9.69 Å². The molecular formula is C23H20N4OS. The van der Waals surface area contributed by atoms with Crippen LogP contribution >= 0.6 is 11.3 Å². The Morgan fingerprint density at radius 1 is 1.14 bits per heavy atom. The van der Waals surface area contributed by atoms with E-state index in [2.05, 4.69) is 16.7 Å². The van der Waals surface area contributed by atoms with Crippen molar-refractivity contribution >= 4 is 22.4 Å². The normalized spacial score (nSPS) is 10.7. The molecule has 6 heteroatoms. The molecule has 4 rings (SSSR count). The largest absolute Gasteiger partial charge is 0.280 e. The van der Waals surface area contributed by atoms with Crippen LogP contribution in [0.2, 0.25) is 0 Å². The second-order valence-corrected chi connectivity index (χ2v) is 7.34. The predicted molar refractivity (Wildman–Crippen MR) is 118 cm³/mol. The van der Waals surface area contributed by atoms with Gasteiger partial charge in [0, 0.05) is 23.2 Å². The number of aryl methyl sites for hydroxylation is 1. The number of anilines is 1. The second-order valence-electron chi connectivity index (χ2n) is 6.50. The number of aromatic nitrogens is 3. The molecule has 0 radical (unpaired) electrons. The number of nitrogens with zero attached hydrogens (tertiary/aromatic N) is 4. The Balaban J connectivity index is 1.65. The number of thiazole rings is 1. The van der Waals surface area contributed by atoms with Crippen molar-refractivity contribution in [3.8, 4) is 16.9 Å². The highest BCUT2D eigenvalue weighted by Crippen LogP contribution is 2.28. The van der Waals surface area contributed by atoms with Gasteiger partial charge < -0.3 is 0 Å². The van der Waals surface area contributed by atoms with Gasteiger partial charge in [0.1, 0.15) is 0 Å². The fourth-order valence-corrected chi connectivity index (χ4v) is 3.90. The Kier molecular flexibility index (Phi) is 5.35. The summed E-state index contributed by atoms with van der Waals surface area (Å²) in [5.41, 5.74) is 4.05. The van der Waals surface area contributed by atoms with E-state index < -0.39 is 0 Å². The average molecular weight is 401 g/mol. The van der Waals surface area contributed by atoms with E-state index in [1.807, 2.05) is 73.0 Å². The zero-order chi connectivity index (χ0) is 20.2. The summed E-state index contributed by atoms with van der Waals surface area (Å²) in [7, 11) is 0. The number of carbonyl (C=O) groups is 1. The second kappa shape index (κ2) is 8.24. The molecule has 0 atom stereocenters. The zero-order valence-corrected chi connectivity index (χ0v) is 16.8. The first kappa shape index (κ1) is 18.8. The van der Waals surface area contributed by atoms with Crippen LogP contribution < -0.4 is 4.90 Å². The van der Waals surface area contributed by atoms with Crippen molar-refractivity contribution in [2.75, 3.05) is 11.4 Å². The van der Waals surface area contributed by atoms with Gasteiger partial charge in [-0.2, -0.15) is 5.10 Å². The number of benzene rings is 2. The summed E-state index contributed by atoms with van der Waals surface area (Å²) in [5, 5.41) is 7.13. The number of para-hydroxylation sites is 1. The number of rotatable bonds is 6. The standard InChI is InChI=1S/C23H20N4OS/c1-3-14-26(23-24-21(16-29-23)18-10-6-4-7-11-18)22(28)20-15-17(2)27(25-20)19-12-8-5-9-13-19/h3-13,15-16H,1,14H2,2H3. The molecule has 0 aliphatic carbocycles. The van der Waals surface area contributed by atoms with Gasteiger partial charge in [-0.25, -0.2) is 9.67 Å². The lowest BCUT2D eigenvalue weighted by Gasteiger charge is -2.16. The molecule has 0 N–H and O–H groups in total. The van der Waals surface area contributed by atoms with Gasteiger partial charge in [-0.05, 0) is 25.1 Å². The highest BCUT2D eigenvalue weighted by atomic mass is 32.1. The zero-order valence-electron chi connectivity index (χ0n) is 16.0. The summed E-state index contributed by atoms with van der Waals surface area (Å²) in [6.45, 7) is 6.09. The minimum Gasteiger partial charge on any atom is -0.279 e. The Labute approximate surface area is 173 Å². The van der Waals surface area contributed by atoms with Crippen LogP contribution in [0, 0.1) is 6.92 Å². The molecule has 0 fully saturated rings. The van der Waals surface area contributed by atoms with Crippen molar-refractivity contribution in [3.63, 3.8) is 0 Å². The first-order valence-corrected chi connectivity index (χ1v) is 10.1. The van der Waals surface area contributed by atoms with Crippen LogP contribution in [0.3, 0.4) is 0 Å². The summed E-state index contributed by atoms with van der Waals surface area (Å²) in [6.07, 6.45) is 1.70. The van der Waals surface area contributed by atoms with Gasteiger partial charge in [0.15, 0.2) is 10.8 Å². The maximum atomic E-state index is 13.2. The van der Waals surface area contributed by atoms with Crippen LogP contribution in [-0.2, 0) is 0 Å². The van der Waals surface area contributed by atoms with E-state index in [4.69, 9.17) is 0 Å². The monoisotopic (exact) mass is 400 g/mol. The van der Waals surface area contributed by atoms with E-state index >= 15 is 0 Å². The highest BCUT2D eigenvalue weighted by Gasteiger charge is 2.23. The van der Waals surface area contributed by atoms with Crippen LogP contribution in [0.15, 0.2) is 84.8 Å². The first-order chi connectivity index (χ1) is 14.2. The number of amides is 1. The van der Waals surface area contributed by atoms with Gasteiger partial charge in [0.25, 0.3) is 5.91 Å². The van der Waals surface area contributed by atoms with Crippen molar-refractivity contribution in [1.29, 1.82) is 0 Å². The van der Waals surface area contributed by atoms with Gasteiger partial charge in [-0.15, -0.1) is 17.9 Å². The van der Waals surface area contributed by atoms with Gasteiger partial charge in [0.05, 0.1) is 11.4 Å². The summed E-state index contributed by atoms with van der Waals surface area (Å²) in [4.78, 5) is 19.5. The van der Waals surface area contributed by atoms with Gasteiger partial charge in [0.2, 0.25) is 0 Å². The van der Waals surface area contributed by atoms with Crippen molar-refractivity contribution < 1.29 is 4.79 Å². The number of hydrogen-bond donors (Lipinski definition) is 0. The average Bonchev–Trinajstić information content (AvgIpc) is 3.40. The van der Waals surface area contributed by atoms with Crippen molar-refractivity contribution in [1.82, 2.24) is 14.8 Å². The molecule has 4 aromatic rings. The molecule has 0 aliphatic rings. The Hall–Kier alpha value is -3.51. The highest BCUT2D eigenvalue weighted by molar-refractivity contribution is 7.14. The van der Waals surface area contributed by atoms with E-state index in [0.717, 1.165) is 22.6 Å². The van der Waals surface area contributed by atoms with E-state index in [0.29, 0.717) is 17.4 Å². The van der Waals surface area contributed by atoms with Crippen LogP contribution in [0.4, 0.5) is 5.13 Å². The molecule has 0 saturated carbocycles. The maximum absolute atomic E-state index is 13.2. The lowest BCUT2D eigenvalue weighted by molar-refractivity contribution is 0.0984. The summed E-state index contributed by atoms with van der Waals surface area (Å²) < 4.78 is 1.77. The molecule has 0 aliphatic heterocycles. The van der Waals surface area contributed by atoms with E-state index in [-0.39, 0.29) is 5.91 Å². The molecule has 2 aromatic carbocycles. The summed E-state index contributed by atoms with van der Waals surface area (Å²) >= 11 is 1.43. The summed E-state index contributed by atoms with van der Waals surface area (Å²) in [6, 6.07) is 21.5. The Morgan fingerprint density at radius 2 is 1.83 bits per heavy atom. The van der Waals surface area contributed by atoms with Gasteiger partial charge in [-0.1, -0.05) is 54.6 Å². The van der Waals surface area contributed by atoms with Crippen LogP contribution in [0.25, 0.3) is 16.9 Å². The molecule has 144 valence electrons. The van der Waals surface area contributed by atoms with Crippen LogP contribution in [-0.4, -0.2) is 27.2 Å². The van der Waals surface area contributed by atoms with E-state index in [9.17, 15) is 4.79 Å². The molecule has 0 unspecified atom stereocenters. The number of carbonyl (C=O) groups excluding carboxylic acids is 1. The fourth-order valence-electron chi connectivity index (χ4n) is 3.05. The maximum Gasteiger partial charge on any atom is 0.280 e. The molecule has 0 saturated heterocycles. The Bertz CT molecular complexity index is 1130. The van der Waals surface area contributed by atoms with Gasteiger partial charge >= 0.3 is 0 Å². The lowest BCUT2D eigenvalue weighted by Crippen LogP contribution is -2.31. The van der Waals surface area contributed by atoms with Crippen molar-refractivity contribution in [2.24, 2.45) is 0 Å². The minimum atomic E-state index is -0.198. The fraction of sp³-hybridized carbons (Fsp3) is 0.0870. The lowest BCUT2D eigenvalue weighted by atomic mass is 10.2. The van der Waals surface area contributed by atoms with Crippen molar-refractivity contribution in [3.05, 3.63) is 96.2 Å². The van der Waals surface area contributed by atoms with E-state index in [1.165, 1.54) is 11.3 Å². The number of hydrogen-bond acceptors (Lipinski definition) is 4. The summed E-state index contributed by atoms with van der Waals surface area (Å²) in [5.74, 6) is -0.198. The Morgan fingerprint density at radius 3 is 2.52 bits per heavy atom. The third-order valence-electron chi connectivity index (χ3n) is 4.46. The SMILES string of the molecule is C=CCN(C(=O)c1cc(C)n(-c2ccccc2)n1)c1nc(-c2ccccc2)cs1. The topological polar surface area (TPSA) is 51.0 Å². The molecular weight excluding hydrogens is 380 g/mol. The molecule has 29 heavy (non-hydrogen) atoms. The molecule has 1 amide bonds. The third kappa shape index (κ3) is 3.88. The van der Waals surface area contributed by atoms with Crippen LogP contribution in [0.5, 0.6) is 0 Å². The van der Waals surface area contributed by atoms with Crippen LogP contribution in [0.1, 0.15) is 16.2 Å². The third-order valence-corrected chi connectivity index (χ3v) is 5.32. The molecule has 5 nitrogen and oxygen atoms in total. The predicted octanol–water partition coefficient (Wildman–Crippen LogP) is 5.14. The molecule has 2 aromatic heterocycles. The minimum absolute atomic E-state index is 0.198. The van der Waals surface area contributed by atoms with E-state index in [1.54, 1.807) is 21.7 Å². The first-order valence-electron chi connectivity index (χ1n) is 9.23.